The molecule has 0 atom stereocenters. The Morgan fingerprint density at radius 1 is 1.00 bits per heavy atom. The Bertz CT molecular complexity index is 336. The van der Waals surface area contributed by atoms with Gasteiger partial charge in [0.05, 0.1) is 12.5 Å². The molecule has 1 aliphatic carbocycles. The molecule has 0 aromatic rings. The van der Waals surface area contributed by atoms with E-state index >= 15 is 0 Å². The first-order valence-corrected chi connectivity index (χ1v) is 7.89. The van der Waals surface area contributed by atoms with Gasteiger partial charge in [-0.2, -0.15) is 0 Å². The SMILES string of the molecule is Cl.O=C(CN1CCC(C(=O)O)CC1)NC1CCCCCC1. The lowest BCUT2D eigenvalue weighted by molar-refractivity contribution is -0.143. The van der Waals surface area contributed by atoms with Crippen molar-refractivity contribution in [1.82, 2.24) is 10.2 Å². The summed E-state index contributed by atoms with van der Waals surface area (Å²) in [4.78, 5) is 25.0. The van der Waals surface area contributed by atoms with Gasteiger partial charge in [0, 0.05) is 6.04 Å². The number of carbonyl (C=O) groups excluding carboxylic acids is 1. The minimum atomic E-state index is -0.701. The number of carboxylic acids is 1. The average molecular weight is 319 g/mol. The molecule has 21 heavy (non-hydrogen) atoms. The molecular weight excluding hydrogens is 292 g/mol. The van der Waals surface area contributed by atoms with Crippen molar-refractivity contribution in [1.29, 1.82) is 0 Å². The molecule has 1 amide bonds. The molecule has 5 nitrogen and oxygen atoms in total. The van der Waals surface area contributed by atoms with E-state index in [1.807, 2.05) is 0 Å². The molecule has 1 saturated heterocycles. The van der Waals surface area contributed by atoms with Gasteiger partial charge < -0.3 is 10.4 Å². The molecule has 0 radical (unpaired) electrons. The molecule has 2 rings (SSSR count). The lowest BCUT2D eigenvalue weighted by Crippen LogP contribution is -2.45. The molecule has 122 valence electrons. The molecule has 2 aliphatic rings. The summed E-state index contributed by atoms with van der Waals surface area (Å²) in [5.41, 5.74) is 0. The van der Waals surface area contributed by atoms with Gasteiger partial charge in [0.1, 0.15) is 0 Å². The predicted molar refractivity (Wildman–Crippen MR) is 83.7 cm³/mol. The Balaban J connectivity index is 0.00000220. The van der Waals surface area contributed by atoms with Crippen molar-refractivity contribution in [3.05, 3.63) is 0 Å². The second-order valence-corrected chi connectivity index (χ2v) is 6.14. The zero-order valence-corrected chi connectivity index (χ0v) is 13.4. The van der Waals surface area contributed by atoms with Crippen LogP contribution in [0.3, 0.4) is 0 Å². The van der Waals surface area contributed by atoms with E-state index in [4.69, 9.17) is 5.11 Å². The van der Waals surface area contributed by atoms with E-state index in [2.05, 4.69) is 10.2 Å². The van der Waals surface area contributed by atoms with Crippen molar-refractivity contribution in [2.24, 2.45) is 5.92 Å². The molecule has 6 heteroatoms. The highest BCUT2D eigenvalue weighted by Crippen LogP contribution is 2.18. The number of piperidine rings is 1. The number of carbonyl (C=O) groups is 2. The van der Waals surface area contributed by atoms with Crippen molar-refractivity contribution < 1.29 is 14.7 Å². The summed E-state index contributed by atoms with van der Waals surface area (Å²) in [6.07, 6.45) is 8.53. The van der Waals surface area contributed by atoms with Gasteiger partial charge in [0.15, 0.2) is 0 Å². The van der Waals surface area contributed by atoms with E-state index < -0.39 is 5.97 Å². The van der Waals surface area contributed by atoms with E-state index in [-0.39, 0.29) is 24.2 Å². The van der Waals surface area contributed by atoms with Crippen LogP contribution in [-0.2, 0) is 9.59 Å². The van der Waals surface area contributed by atoms with Crippen LogP contribution in [0.4, 0.5) is 0 Å². The summed E-state index contributed by atoms with van der Waals surface area (Å²) in [5, 5.41) is 12.1. The number of hydrogen-bond acceptors (Lipinski definition) is 3. The maximum absolute atomic E-state index is 12.0. The molecule has 0 aromatic heterocycles. The van der Waals surface area contributed by atoms with Crippen molar-refractivity contribution in [3.8, 4) is 0 Å². The number of amides is 1. The van der Waals surface area contributed by atoms with Gasteiger partial charge in [-0.05, 0) is 38.8 Å². The van der Waals surface area contributed by atoms with Crippen LogP contribution < -0.4 is 5.32 Å². The van der Waals surface area contributed by atoms with E-state index in [0.29, 0.717) is 25.4 Å². The number of carboxylic acid groups (broad SMARTS) is 1. The van der Waals surface area contributed by atoms with E-state index in [1.165, 1.54) is 25.7 Å². The van der Waals surface area contributed by atoms with Gasteiger partial charge in [-0.25, -0.2) is 0 Å². The van der Waals surface area contributed by atoms with Crippen LogP contribution in [-0.4, -0.2) is 47.6 Å². The summed E-state index contributed by atoms with van der Waals surface area (Å²) < 4.78 is 0. The topological polar surface area (TPSA) is 69.6 Å². The monoisotopic (exact) mass is 318 g/mol. The number of aliphatic carboxylic acids is 1. The van der Waals surface area contributed by atoms with Crippen LogP contribution in [0.5, 0.6) is 0 Å². The van der Waals surface area contributed by atoms with Crippen LogP contribution in [0.1, 0.15) is 51.4 Å². The summed E-state index contributed by atoms with van der Waals surface area (Å²) in [5.74, 6) is -0.825. The summed E-state index contributed by atoms with van der Waals surface area (Å²) in [6, 6.07) is 0.349. The maximum Gasteiger partial charge on any atom is 0.306 e. The van der Waals surface area contributed by atoms with Crippen LogP contribution in [0.15, 0.2) is 0 Å². The summed E-state index contributed by atoms with van der Waals surface area (Å²) in [6.45, 7) is 1.85. The first kappa shape index (κ1) is 18.2. The van der Waals surface area contributed by atoms with E-state index in [9.17, 15) is 9.59 Å². The van der Waals surface area contributed by atoms with Crippen molar-refractivity contribution in [2.75, 3.05) is 19.6 Å². The third kappa shape index (κ3) is 6.22. The van der Waals surface area contributed by atoms with Gasteiger partial charge in [-0.1, -0.05) is 25.7 Å². The van der Waals surface area contributed by atoms with E-state index in [1.54, 1.807) is 0 Å². The first-order chi connectivity index (χ1) is 9.65. The lowest BCUT2D eigenvalue weighted by atomic mass is 9.97. The lowest BCUT2D eigenvalue weighted by Gasteiger charge is -2.30. The van der Waals surface area contributed by atoms with E-state index in [0.717, 1.165) is 25.9 Å². The fourth-order valence-electron chi connectivity index (χ4n) is 3.24. The van der Waals surface area contributed by atoms with Gasteiger partial charge in [-0.3, -0.25) is 14.5 Å². The fourth-order valence-corrected chi connectivity index (χ4v) is 3.24. The quantitative estimate of drug-likeness (QED) is 0.778. The number of rotatable bonds is 4. The van der Waals surface area contributed by atoms with Gasteiger partial charge >= 0.3 is 5.97 Å². The van der Waals surface area contributed by atoms with Crippen LogP contribution in [0.25, 0.3) is 0 Å². The first-order valence-electron chi connectivity index (χ1n) is 7.89. The Morgan fingerprint density at radius 2 is 1.57 bits per heavy atom. The third-order valence-electron chi connectivity index (χ3n) is 4.52. The van der Waals surface area contributed by atoms with Crippen LogP contribution in [0.2, 0.25) is 0 Å². The molecule has 0 bridgehead atoms. The molecule has 0 aromatic carbocycles. The number of nitrogens with zero attached hydrogens (tertiary/aromatic N) is 1. The molecule has 1 saturated carbocycles. The normalized spacial score (nSPS) is 22.1. The number of likely N-dealkylation sites (tertiary alicyclic amines) is 1. The highest BCUT2D eigenvalue weighted by Gasteiger charge is 2.25. The third-order valence-corrected chi connectivity index (χ3v) is 4.52. The number of nitrogens with one attached hydrogen (secondary N) is 1. The smallest absolute Gasteiger partial charge is 0.306 e. The minimum absolute atomic E-state index is 0. The molecule has 2 N–H and O–H groups in total. The highest BCUT2D eigenvalue weighted by atomic mass is 35.5. The molecule has 2 fully saturated rings. The van der Waals surface area contributed by atoms with Crippen LogP contribution >= 0.6 is 12.4 Å². The fraction of sp³-hybridized carbons (Fsp3) is 0.867. The van der Waals surface area contributed by atoms with Crippen LogP contribution in [0, 0.1) is 5.92 Å². The van der Waals surface area contributed by atoms with Gasteiger partial charge in [0.2, 0.25) is 5.91 Å². The average Bonchev–Trinajstić information content (AvgIpc) is 2.68. The largest absolute Gasteiger partial charge is 0.481 e. The van der Waals surface area contributed by atoms with Crippen molar-refractivity contribution >= 4 is 24.3 Å². The Hall–Kier alpha value is -0.810. The second kappa shape index (κ2) is 9.26. The zero-order valence-electron chi connectivity index (χ0n) is 12.6. The molecule has 0 unspecified atom stereocenters. The molecule has 1 heterocycles. The number of hydrogen-bond donors (Lipinski definition) is 2. The molecule has 1 aliphatic heterocycles. The highest BCUT2D eigenvalue weighted by molar-refractivity contribution is 5.85. The Kier molecular flexibility index (Phi) is 8.04. The van der Waals surface area contributed by atoms with Gasteiger partial charge in [0.25, 0.3) is 0 Å². The second-order valence-electron chi connectivity index (χ2n) is 6.14. The minimum Gasteiger partial charge on any atom is -0.481 e. The molecular formula is C15H27ClN2O3. The van der Waals surface area contributed by atoms with Gasteiger partial charge in [-0.15, -0.1) is 12.4 Å². The summed E-state index contributed by atoms with van der Waals surface area (Å²) >= 11 is 0. The van der Waals surface area contributed by atoms with Crippen molar-refractivity contribution in [2.45, 2.75) is 57.4 Å². The predicted octanol–water partition coefficient (Wildman–Crippen LogP) is 2.04. The number of halogens is 1. The Morgan fingerprint density at radius 3 is 2.10 bits per heavy atom. The zero-order chi connectivity index (χ0) is 14.4. The maximum atomic E-state index is 12.0. The summed E-state index contributed by atoms with van der Waals surface area (Å²) in [7, 11) is 0. The molecule has 0 spiro atoms. The Labute approximate surface area is 132 Å². The standard InChI is InChI=1S/C15H26N2O3.ClH/c18-14(16-13-5-3-1-2-4-6-13)11-17-9-7-12(8-10-17)15(19)20;/h12-13H,1-11H2,(H,16,18)(H,19,20);1H. The van der Waals surface area contributed by atoms with Crippen molar-refractivity contribution in [3.63, 3.8) is 0 Å².